The molecule has 0 amide bonds. The maximum absolute atomic E-state index is 13.8. The second kappa shape index (κ2) is 6.04. The number of aryl methyl sites for hydroxylation is 1. The minimum absolute atomic E-state index is 0.171. The van der Waals surface area contributed by atoms with Crippen molar-refractivity contribution in [3.63, 3.8) is 0 Å². The number of imidazole rings is 1. The van der Waals surface area contributed by atoms with Crippen LogP contribution in [0.2, 0.25) is 5.02 Å². The average molecular weight is 389 g/mol. The molecule has 0 spiro atoms. The summed E-state index contributed by atoms with van der Waals surface area (Å²) in [5.41, 5.74) is 13.7. The van der Waals surface area contributed by atoms with Gasteiger partial charge in [0.2, 0.25) is 5.79 Å². The molecule has 0 radical (unpaired) electrons. The molecule has 138 valence electrons. The van der Waals surface area contributed by atoms with E-state index in [-0.39, 0.29) is 5.84 Å². The van der Waals surface area contributed by atoms with E-state index >= 15 is 0 Å². The van der Waals surface area contributed by atoms with Gasteiger partial charge in [0.05, 0.1) is 11.0 Å². The van der Waals surface area contributed by atoms with Crippen molar-refractivity contribution < 1.29 is 8.78 Å². The van der Waals surface area contributed by atoms with Gasteiger partial charge in [-0.05, 0) is 19.1 Å². The van der Waals surface area contributed by atoms with Crippen LogP contribution in [-0.2, 0) is 5.79 Å². The highest BCUT2D eigenvalue weighted by molar-refractivity contribution is 6.30. The molecule has 3 aromatic rings. The molecule has 0 saturated carbocycles. The smallest absolute Gasteiger partial charge is 0.212 e. The highest BCUT2D eigenvalue weighted by atomic mass is 35.5. The summed E-state index contributed by atoms with van der Waals surface area (Å²) in [5.74, 6) is -2.19. The fourth-order valence-electron chi connectivity index (χ4n) is 3.09. The predicted octanol–water partition coefficient (Wildman–Crippen LogP) is 2.80. The Labute approximate surface area is 158 Å². The molecule has 9 heteroatoms. The van der Waals surface area contributed by atoms with Crippen LogP contribution in [0.1, 0.15) is 11.4 Å². The minimum Gasteiger partial charge on any atom is -0.384 e. The van der Waals surface area contributed by atoms with E-state index in [0.717, 1.165) is 12.1 Å². The molecule has 1 aliphatic rings. The second-order valence-electron chi connectivity index (χ2n) is 6.21. The predicted molar refractivity (Wildman–Crippen MR) is 101 cm³/mol. The van der Waals surface area contributed by atoms with Crippen molar-refractivity contribution in [1.29, 1.82) is 0 Å². The Bertz CT molecular complexity index is 1120. The highest BCUT2D eigenvalue weighted by Crippen LogP contribution is 2.28. The van der Waals surface area contributed by atoms with Crippen molar-refractivity contribution in [3.8, 4) is 0 Å². The van der Waals surface area contributed by atoms with Gasteiger partial charge < -0.3 is 11.1 Å². The molecule has 1 aromatic heterocycles. The number of nitrogens with zero attached hydrogens (tertiary/aromatic N) is 3. The zero-order valence-electron chi connectivity index (χ0n) is 14.2. The van der Waals surface area contributed by atoms with E-state index in [0.29, 0.717) is 33.3 Å². The Morgan fingerprint density at radius 3 is 2.52 bits per heavy atom. The largest absolute Gasteiger partial charge is 0.384 e. The van der Waals surface area contributed by atoms with E-state index in [1.54, 1.807) is 41.8 Å². The molecule has 27 heavy (non-hydrogen) atoms. The fourth-order valence-corrected chi connectivity index (χ4v) is 3.22. The summed E-state index contributed by atoms with van der Waals surface area (Å²) in [4.78, 5) is 8.57. The van der Waals surface area contributed by atoms with Gasteiger partial charge >= 0.3 is 0 Å². The van der Waals surface area contributed by atoms with Gasteiger partial charge in [-0.2, -0.15) is 0 Å². The molecule has 1 aliphatic heterocycles. The van der Waals surface area contributed by atoms with Crippen LogP contribution in [0, 0.1) is 18.6 Å². The van der Waals surface area contributed by atoms with Crippen molar-refractivity contribution >= 4 is 34.3 Å². The maximum Gasteiger partial charge on any atom is 0.212 e. The lowest BCUT2D eigenvalue weighted by molar-refractivity contribution is 0.411. The van der Waals surface area contributed by atoms with Gasteiger partial charge in [-0.25, -0.2) is 18.8 Å². The molecule has 1 unspecified atom stereocenters. The molecule has 0 aliphatic carbocycles. The number of amidine groups is 1. The molecule has 5 N–H and O–H groups in total. The van der Waals surface area contributed by atoms with Crippen molar-refractivity contribution in [2.75, 3.05) is 0 Å². The summed E-state index contributed by atoms with van der Waals surface area (Å²) in [6, 6.07) is 8.95. The zero-order valence-corrected chi connectivity index (χ0v) is 14.9. The molecule has 2 heterocycles. The molecule has 2 aromatic carbocycles. The van der Waals surface area contributed by atoms with Crippen molar-refractivity contribution in [1.82, 2.24) is 14.9 Å². The molecular weight excluding hydrogens is 374 g/mol. The van der Waals surface area contributed by atoms with E-state index in [1.807, 2.05) is 0 Å². The van der Waals surface area contributed by atoms with Crippen molar-refractivity contribution in [2.24, 2.45) is 16.5 Å². The summed E-state index contributed by atoms with van der Waals surface area (Å²) in [6.07, 6.45) is 1.55. The standard InChI is InChI=1S/C18H15ClF2N6/c1-9-24-14-6-12(20)13(21)7-15(14)27(9)17-8-16(22)25-18(23,26-17)10-2-4-11(19)5-3-10/h2-8,26H,23H2,1H3,(H2,22,25). The third kappa shape index (κ3) is 2.92. The number of halogens is 3. The van der Waals surface area contributed by atoms with Crippen LogP contribution in [0.4, 0.5) is 8.78 Å². The number of nitrogens with two attached hydrogens (primary N) is 2. The summed E-state index contributed by atoms with van der Waals surface area (Å²) >= 11 is 5.94. The van der Waals surface area contributed by atoms with Crippen LogP contribution in [0.25, 0.3) is 16.9 Å². The van der Waals surface area contributed by atoms with Crippen LogP contribution in [0.5, 0.6) is 0 Å². The van der Waals surface area contributed by atoms with Gasteiger partial charge in [0.1, 0.15) is 17.5 Å². The third-order valence-electron chi connectivity index (χ3n) is 4.30. The highest BCUT2D eigenvalue weighted by Gasteiger charge is 2.32. The number of aromatic nitrogens is 2. The van der Waals surface area contributed by atoms with Gasteiger partial charge in [-0.1, -0.05) is 23.7 Å². The Kier molecular flexibility index (Phi) is 3.90. The number of fused-ring (bicyclic) bond motifs is 1. The quantitative estimate of drug-likeness (QED) is 0.629. The molecule has 0 saturated heterocycles. The van der Waals surface area contributed by atoms with Gasteiger partial charge in [0.25, 0.3) is 0 Å². The summed E-state index contributed by atoms with van der Waals surface area (Å²) < 4.78 is 28.9. The van der Waals surface area contributed by atoms with Crippen LogP contribution in [0.3, 0.4) is 0 Å². The Morgan fingerprint density at radius 2 is 1.81 bits per heavy atom. The third-order valence-corrected chi connectivity index (χ3v) is 4.55. The van der Waals surface area contributed by atoms with Crippen LogP contribution < -0.4 is 16.8 Å². The zero-order chi connectivity index (χ0) is 19.3. The van der Waals surface area contributed by atoms with Crippen LogP contribution >= 0.6 is 11.6 Å². The van der Waals surface area contributed by atoms with E-state index in [4.69, 9.17) is 23.1 Å². The molecule has 0 fully saturated rings. The summed E-state index contributed by atoms with van der Waals surface area (Å²) in [6.45, 7) is 1.71. The van der Waals surface area contributed by atoms with Gasteiger partial charge in [-0.3, -0.25) is 10.3 Å². The van der Waals surface area contributed by atoms with Crippen LogP contribution in [0.15, 0.2) is 47.5 Å². The van der Waals surface area contributed by atoms with Crippen LogP contribution in [-0.4, -0.2) is 15.4 Å². The first-order valence-corrected chi connectivity index (χ1v) is 8.39. The van der Waals surface area contributed by atoms with E-state index in [1.165, 1.54) is 0 Å². The van der Waals surface area contributed by atoms with Gasteiger partial charge in [0, 0.05) is 28.8 Å². The molecule has 6 nitrogen and oxygen atoms in total. The lowest BCUT2D eigenvalue weighted by Gasteiger charge is -2.33. The second-order valence-corrected chi connectivity index (χ2v) is 6.65. The number of hydrogen-bond donors (Lipinski definition) is 3. The molecule has 4 rings (SSSR count). The lowest BCUT2D eigenvalue weighted by atomic mass is 10.1. The fraction of sp³-hybridized carbons (Fsp3) is 0.111. The summed E-state index contributed by atoms with van der Waals surface area (Å²) in [5, 5.41) is 3.66. The first kappa shape index (κ1) is 17.4. The topological polar surface area (TPSA) is 94.2 Å². The van der Waals surface area contributed by atoms with Gasteiger partial charge in [-0.15, -0.1) is 0 Å². The Morgan fingerprint density at radius 1 is 1.15 bits per heavy atom. The number of aliphatic imine (C=N–C) groups is 1. The number of nitrogens with one attached hydrogen (secondary N) is 1. The normalized spacial score (nSPS) is 19.6. The number of benzene rings is 2. The van der Waals surface area contributed by atoms with E-state index in [2.05, 4.69) is 15.3 Å². The van der Waals surface area contributed by atoms with Crippen molar-refractivity contribution in [2.45, 2.75) is 12.7 Å². The van der Waals surface area contributed by atoms with Crippen molar-refractivity contribution in [3.05, 3.63) is 70.5 Å². The van der Waals surface area contributed by atoms with E-state index in [9.17, 15) is 8.78 Å². The number of rotatable bonds is 2. The first-order chi connectivity index (χ1) is 12.8. The molecular formula is C18H15ClF2N6. The number of hydrogen-bond acceptors (Lipinski definition) is 5. The maximum atomic E-state index is 13.8. The average Bonchev–Trinajstić information content (AvgIpc) is 2.90. The monoisotopic (exact) mass is 388 g/mol. The molecule has 0 bridgehead atoms. The Hall–Kier alpha value is -2.97. The SMILES string of the molecule is Cc1nc2cc(F)c(F)cc2n1C1=CC(N)=NC(N)(c2ccc(Cl)cc2)N1. The van der Waals surface area contributed by atoms with Gasteiger partial charge in [0.15, 0.2) is 11.6 Å². The summed E-state index contributed by atoms with van der Waals surface area (Å²) in [7, 11) is 0. The Balaban J connectivity index is 1.85. The first-order valence-electron chi connectivity index (χ1n) is 8.01. The molecule has 1 atom stereocenters. The minimum atomic E-state index is -1.36. The lowest BCUT2D eigenvalue weighted by Crippen LogP contribution is -2.52. The van der Waals surface area contributed by atoms with E-state index < -0.39 is 17.4 Å².